The Morgan fingerprint density at radius 2 is 2.06 bits per heavy atom. The third-order valence-corrected chi connectivity index (χ3v) is 3.36. The lowest BCUT2D eigenvalue weighted by Gasteiger charge is -1.98. The summed E-state index contributed by atoms with van der Waals surface area (Å²) >= 11 is 0.908. The fourth-order valence-corrected chi connectivity index (χ4v) is 2.42. The second-order valence-corrected chi connectivity index (χ2v) is 4.83. The second-order valence-electron chi connectivity index (χ2n) is 3.81. The average molecular weight is 256 g/mol. The van der Waals surface area contributed by atoms with Crippen molar-refractivity contribution in [1.29, 1.82) is 0 Å². The average Bonchev–Trinajstić information content (AvgIpc) is 2.68. The van der Waals surface area contributed by atoms with Crippen LogP contribution in [0.2, 0.25) is 0 Å². The van der Waals surface area contributed by atoms with Gasteiger partial charge in [-0.2, -0.15) is 0 Å². The molecule has 1 aromatic carbocycles. The number of aromatic nitrogens is 1. The normalized spacial score (nSPS) is 17.4. The smallest absolute Gasteiger partial charge is 0.282 e. The van der Waals surface area contributed by atoms with Gasteiger partial charge in [0.05, 0.1) is 10.4 Å². The van der Waals surface area contributed by atoms with Crippen LogP contribution in [0.3, 0.4) is 0 Å². The summed E-state index contributed by atoms with van der Waals surface area (Å²) in [6, 6.07) is 9.67. The predicted octanol–water partition coefficient (Wildman–Crippen LogP) is 2.56. The third-order valence-electron chi connectivity index (χ3n) is 2.55. The van der Waals surface area contributed by atoms with Crippen LogP contribution in [0.4, 0.5) is 4.79 Å². The number of hydrogen-bond acceptors (Lipinski definition) is 4. The van der Waals surface area contributed by atoms with Crippen molar-refractivity contribution in [3.63, 3.8) is 0 Å². The van der Waals surface area contributed by atoms with Gasteiger partial charge < -0.3 is 0 Å². The minimum atomic E-state index is -0.349. The molecule has 1 saturated heterocycles. The number of nitrogens with zero attached hydrogens (tertiary/aromatic N) is 1. The number of thioether (sulfide) groups is 1. The van der Waals surface area contributed by atoms with Crippen molar-refractivity contribution in [3.8, 4) is 0 Å². The number of fused-ring (bicyclic) bond motifs is 1. The van der Waals surface area contributed by atoms with Gasteiger partial charge in [-0.3, -0.25) is 19.9 Å². The zero-order valence-corrected chi connectivity index (χ0v) is 10.0. The maximum Gasteiger partial charge on any atom is 0.290 e. The quantitative estimate of drug-likeness (QED) is 0.797. The van der Waals surface area contributed by atoms with E-state index < -0.39 is 0 Å². The van der Waals surface area contributed by atoms with Crippen LogP contribution in [-0.4, -0.2) is 16.1 Å². The molecule has 0 saturated carbocycles. The third kappa shape index (κ3) is 2.00. The molecule has 1 fully saturated rings. The van der Waals surface area contributed by atoms with E-state index in [4.69, 9.17) is 0 Å². The molecule has 0 aliphatic carbocycles. The van der Waals surface area contributed by atoms with Gasteiger partial charge in [0.1, 0.15) is 0 Å². The minimum absolute atomic E-state index is 0.333. The molecule has 0 unspecified atom stereocenters. The molecule has 2 heterocycles. The molecule has 18 heavy (non-hydrogen) atoms. The Morgan fingerprint density at radius 3 is 2.83 bits per heavy atom. The van der Waals surface area contributed by atoms with Crippen molar-refractivity contribution in [2.24, 2.45) is 0 Å². The Morgan fingerprint density at radius 1 is 1.22 bits per heavy atom. The molecule has 1 aliphatic heterocycles. The molecule has 5 heteroatoms. The highest BCUT2D eigenvalue weighted by atomic mass is 32.2. The molecular formula is C13H8N2O2S. The molecule has 0 spiro atoms. The summed E-state index contributed by atoms with van der Waals surface area (Å²) < 4.78 is 0. The molecule has 1 aromatic heterocycles. The number of imide groups is 1. The Bertz CT molecular complexity index is 694. The Hall–Kier alpha value is -2.14. The van der Waals surface area contributed by atoms with E-state index in [1.807, 2.05) is 30.3 Å². The number of carbonyl (C=O) groups excluding carboxylic acids is 2. The van der Waals surface area contributed by atoms with Crippen LogP contribution in [0.15, 0.2) is 41.4 Å². The zero-order valence-electron chi connectivity index (χ0n) is 9.21. The first-order valence-electron chi connectivity index (χ1n) is 5.32. The molecule has 2 aromatic rings. The largest absolute Gasteiger partial charge is 0.290 e. The van der Waals surface area contributed by atoms with Crippen LogP contribution in [0.25, 0.3) is 17.0 Å². The highest BCUT2D eigenvalue weighted by molar-refractivity contribution is 8.18. The monoisotopic (exact) mass is 256 g/mol. The maximum atomic E-state index is 11.4. The van der Waals surface area contributed by atoms with Crippen LogP contribution in [0.1, 0.15) is 5.56 Å². The topological polar surface area (TPSA) is 59.1 Å². The fourth-order valence-electron chi connectivity index (χ4n) is 1.74. The van der Waals surface area contributed by atoms with Gasteiger partial charge in [0.2, 0.25) is 0 Å². The molecule has 88 valence electrons. The van der Waals surface area contributed by atoms with Gasteiger partial charge in [0, 0.05) is 11.6 Å². The molecule has 1 N–H and O–H groups in total. The molecular weight excluding hydrogens is 248 g/mol. The molecule has 1 aliphatic rings. The van der Waals surface area contributed by atoms with Crippen LogP contribution in [0.5, 0.6) is 0 Å². The van der Waals surface area contributed by atoms with Crippen molar-refractivity contribution in [2.45, 2.75) is 0 Å². The summed E-state index contributed by atoms with van der Waals surface area (Å²) in [6.45, 7) is 0. The lowest BCUT2D eigenvalue weighted by molar-refractivity contribution is -0.115. The maximum absolute atomic E-state index is 11.4. The van der Waals surface area contributed by atoms with Crippen LogP contribution in [0, 0.1) is 0 Å². The Balaban J connectivity index is 2.02. The summed E-state index contributed by atoms with van der Waals surface area (Å²) in [7, 11) is 0. The number of nitrogens with one attached hydrogen (secondary N) is 1. The lowest BCUT2D eigenvalue weighted by atomic mass is 10.1. The van der Waals surface area contributed by atoms with E-state index in [2.05, 4.69) is 10.3 Å². The minimum Gasteiger partial charge on any atom is -0.282 e. The van der Waals surface area contributed by atoms with Crippen molar-refractivity contribution < 1.29 is 9.59 Å². The van der Waals surface area contributed by atoms with Gasteiger partial charge in [-0.15, -0.1) is 0 Å². The molecule has 0 atom stereocenters. The van der Waals surface area contributed by atoms with Gasteiger partial charge in [0.15, 0.2) is 0 Å². The van der Waals surface area contributed by atoms with E-state index in [0.29, 0.717) is 4.91 Å². The lowest BCUT2D eigenvalue weighted by Crippen LogP contribution is -2.17. The summed E-state index contributed by atoms with van der Waals surface area (Å²) in [4.78, 5) is 27.1. The number of carbonyl (C=O) groups is 2. The molecule has 4 nitrogen and oxygen atoms in total. The van der Waals surface area contributed by atoms with Crippen LogP contribution < -0.4 is 5.32 Å². The van der Waals surface area contributed by atoms with Crippen molar-refractivity contribution in [3.05, 3.63) is 47.0 Å². The first-order valence-corrected chi connectivity index (χ1v) is 6.14. The molecule has 2 amide bonds. The van der Waals surface area contributed by atoms with Gasteiger partial charge in [-0.05, 0) is 35.5 Å². The number of para-hydroxylation sites is 1. The summed E-state index contributed by atoms with van der Waals surface area (Å²) in [6.07, 6.45) is 3.36. The summed E-state index contributed by atoms with van der Waals surface area (Å²) in [5.74, 6) is -0.349. The zero-order chi connectivity index (χ0) is 12.5. The van der Waals surface area contributed by atoms with E-state index in [1.165, 1.54) is 0 Å². The van der Waals surface area contributed by atoms with Crippen molar-refractivity contribution in [1.82, 2.24) is 10.3 Å². The summed E-state index contributed by atoms with van der Waals surface area (Å²) in [5, 5.41) is 2.89. The predicted molar refractivity (Wildman–Crippen MR) is 70.8 cm³/mol. The highest BCUT2D eigenvalue weighted by Gasteiger charge is 2.24. The van der Waals surface area contributed by atoms with E-state index >= 15 is 0 Å². The van der Waals surface area contributed by atoms with Crippen LogP contribution >= 0.6 is 11.8 Å². The van der Waals surface area contributed by atoms with Gasteiger partial charge >= 0.3 is 0 Å². The first kappa shape index (κ1) is 11.0. The number of rotatable bonds is 1. The Kier molecular flexibility index (Phi) is 2.60. The van der Waals surface area contributed by atoms with Gasteiger partial charge in [-0.1, -0.05) is 18.2 Å². The van der Waals surface area contributed by atoms with E-state index in [0.717, 1.165) is 28.2 Å². The number of amides is 2. The second kappa shape index (κ2) is 4.27. The summed E-state index contributed by atoms with van der Waals surface area (Å²) in [5.41, 5.74) is 1.71. The highest BCUT2D eigenvalue weighted by Crippen LogP contribution is 2.26. The van der Waals surface area contributed by atoms with Crippen molar-refractivity contribution >= 4 is 39.9 Å². The molecule has 0 radical (unpaired) electrons. The molecule has 0 bridgehead atoms. The first-order chi connectivity index (χ1) is 8.72. The van der Waals surface area contributed by atoms with E-state index in [-0.39, 0.29) is 11.1 Å². The van der Waals surface area contributed by atoms with Gasteiger partial charge in [-0.25, -0.2) is 0 Å². The van der Waals surface area contributed by atoms with Gasteiger partial charge in [0.25, 0.3) is 11.1 Å². The SMILES string of the molecule is O=C1NC(=O)/C(=C/c2cnc3ccccc3c2)S1. The van der Waals surface area contributed by atoms with E-state index in [1.54, 1.807) is 12.3 Å². The van der Waals surface area contributed by atoms with E-state index in [9.17, 15) is 9.59 Å². The fraction of sp³-hybridized carbons (Fsp3) is 0. The molecule has 3 rings (SSSR count). The number of benzene rings is 1. The number of hydrogen-bond donors (Lipinski definition) is 1. The van der Waals surface area contributed by atoms with Crippen molar-refractivity contribution in [2.75, 3.05) is 0 Å². The standard InChI is InChI=1S/C13H8N2O2S/c16-12-11(18-13(17)15-12)6-8-5-9-3-1-2-4-10(9)14-7-8/h1-7H,(H,15,16,17)/b11-6-. The van der Waals surface area contributed by atoms with Crippen LogP contribution in [-0.2, 0) is 4.79 Å². The Labute approximate surface area is 107 Å². The number of pyridine rings is 1.